The first kappa shape index (κ1) is 11.2. The van der Waals surface area contributed by atoms with Crippen LogP contribution in [0.5, 0.6) is 0 Å². The maximum absolute atomic E-state index is 11.5. The Bertz CT molecular complexity index is 513. The van der Waals surface area contributed by atoms with Crippen LogP contribution in [-0.4, -0.2) is 5.24 Å². The summed E-state index contributed by atoms with van der Waals surface area (Å²) < 4.78 is 5.31. The lowest BCUT2D eigenvalue weighted by molar-refractivity contribution is -0.113. The highest BCUT2D eigenvalue weighted by molar-refractivity contribution is 6.64. The average molecular weight is 237 g/mol. The number of halogens is 1. The third kappa shape index (κ3) is 1.85. The van der Waals surface area contributed by atoms with Crippen LogP contribution in [-0.2, 0) is 4.79 Å². The Hall–Kier alpha value is -1.28. The van der Waals surface area contributed by atoms with Crippen molar-refractivity contribution in [3.05, 3.63) is 36.1 Å². The van der Waals surface area contributed by atoms with Gasteiger partial charge in [-0.25, -0.2) is 0 Å². The minimum Gasteiger partial charge on any atom is -0.464 e. The number of carbonyl (C=O) groups is 1. The van der Waals surface area contributed by atoms with Gasteiger partial charge in [-0.05, 0) is 35.2 Å². The molecule has 0 bridgehead atoms. The molecule has 0 aliphatic carbocycles. The highest BCUT2D eigenvalue weighted by Crippen LogP contribution is 2.32. The third-order valence-electron chi connectivity index (χ3n) is 2.78. The quantitative estimate of drug-likeness (QED) is 0.756. The van der Waals surface area contributed by atoms with E-state index in [0.29, 0.717) is 0 Å². The molecule has 1 unspecified atom stereocenters. The van der Waals surface area contributed by atoms with Crippen molar-refractivity contribution in [2.75, 3.05) is 0 Å². The van der Waals surface area contributed by atoms with Crippen LogP contribution in [0.1, 0.15) is 25.3 Å². The Balaban J connectivity index is 2.60. The maximum atomic E-state index is 11.5. The van der Waals surface area contributed by atoms with Gasteiger partial charge in [0.25, 0.3) is 0 Å². The van der Waals surface area contributed by atoms with E-state index >= 15 is 0 Å². The zero-order valence-electron chi connectivity index (χ0n) is 9.24. The van der Waals surface area contributed by atoms with Crippen molar-refractivity contribution in [1.82, 2.24) is 0 Å². The van der Waals surface area contributed by atoms with Gasteiger partial charge in [0.1, 0.15) is 5.58 Å². The molecule has 2 nitrogen and oxygen atoms in total. The van der Waals surface area contributed by atoms with Gasteiger partial charge in [0, 0.05) is 5.39 Å². The molecule has 2 aromatic rings. The molecule has 3 heteroatoms. The highest BCUT2D eigenvalue weighted by atomic mass is 35.5. The summed E-state index contributed by atoms with van der Waals surface area (Å²) in [6, 6.07) is 7.58. The largest absolute Gasteiger partial charge is 0.464 e. The molecule has 0 aliphatic rings. The highest BCUT2D eigenvalue weighted by Gasteiger charge is 2.24. The van der Waals surface area contributed by atoms with Gasteiger partial charge in [0.2, 0.25) is 5.24 Å². The standard InChI is InChI=1S/C13H13ClO2/c1-8(2)12(13(14)15)10-4-3-5-11-9(10)6-7-16-11/h3-8,12H,1-2H3. The summed E-state index contributed by atoms with van der Waals surface area (Å²) in [4.78, 5) is 11.5. The second kappa shape index (κ2) is 4.30. The number of fused-ring (bicyclic) bond motifs is 1. The Morgan fingerprint density at radius 3 is 2.69 bits per heavy atom. The van der Waals surface area contributed by atoms with Gasteiger partial charge in [-0.3, -0.25) is 4.79 Å². The van der Waals surface area contributed by atoms with Crippen LogP contribution in [0.4, 0.5) is 0 Å². The summed E-state index contributed by atoms with van der Waals surface area (Å²) in [6.07, 6.45) is 1.63. The van der Waals surface area contributed by atoms with Crippen molar-refractivity contribution < 1.29 is 9.21 Å². The molecule has 0 aliphatic heterocycles. The zero-order chi connectivity index (χ0) is 11.7. The Labute approximate surface area is 99.2 Å². The molecule has 1 heterocycles. The molecule has 1 atom stereocenters. The van der Waals surface area contributed by atoms with Crippen molar-refractivity contribution in [2.45, 2.75) is 19.8 Å². The first-order chi connectivity index (χ1) is 7.61. The van der Waals surface area contributed by atoms with Crippen molar-refractivity contribution in [1.29, 1.82) is 0 Å². The van der Waals surface area contributed by atoms with Crippen molar-refractivity contribution in [3.8, 4) is 0 Å². The smallest absolute Gasteiger partial charge is 0.229 e. The van der Waals surface area contributed by atoms with E-state index in [1.54, 1.807) is 6.26 Å². The lowest BCUT2D eigenvalue weighted by Gasteiger charge is -2.17. The molecule has 16 heavy (non-hydrogen) atoms. The van der Waals surface area contributed by atoms with E-state index in [9.17, 15) is 4.79 Å². The fourth-order valence-corrected chi connectivity index (χ4v) is 2.40. The summed E-state index contributed by atoms with van der Waals surface area (Å²) >= 11 is 5.67. The minimum absolute atomic E-state index is 0.172. The maximum Gasteiger partial charge on any atom is 0.229 e. The van der Waals surface area contributed by atoms with Gasteiger partial charge in [-0.2, -0.15) is 0 Å². The fraction of sp³-hybridized carbons (Fsp3) is 0.308. The third-order valence-corrected chi connectivity index (χ3v) is 3.01. The van der Waals surface area contributed by atoms with Crippen LogP contribution in [0.25, 0.3) is 11.0 Å². The van der Waals surface area contributed by atoms with Crippen LogP contribution in [0.3, 0.4) is 0 Å². The number of hydrogen-bond acceptors (Lipinski definition) is 2. The van der Waals surface area contributed by atoms with Crippen LogP contribution < -0.4 is 0 Å². The molecular formula is C13H13ClO2. The first-order valence-electron chi connectivity index (χ1n) is 5.26. The van der Waals surface area contributed by atoms with E-state index in [4.69, 9.17) is 16.0 Å². The number of carbonyl (C=O) groups excluding carboxylic acids is 1. The first-order valence-corrected chi connectivity index (χ1v) is 5.64. The normalized spacial score (nSPS) is 13.2. The molecule has 2 rings (SSSR count). The van der Waals surface area contributed by atoms with Crippen molar-refractivity contribution in [3.63, 3.8) is 0 Å². The van der Waals surface area contributed by atoms with Crippen LogP contribution in [0.15, 0.2) is 34.9 Å². The SMILES string of the molecule is CC(C)C(C(=O)Cl)c1cccc2occc12. The number of hydrogen-bond donors (Lipinski definition) is 0. The van der Waals surface area contributed by atoms with E-state index in [0.717, 1.165) is 16.5 Å². The van der Waals surface area contributed by atoms with Gasteiger partial charge in [-0.1, -0.05) is 26.0 Å². The van der Waals surface area contributed by atoms with Crippen molar-refractivity contribution in [2.24, 2.45) is 5.92 Å². The number of benzene rings is 1. The molecule has 1 aromatic carbocycles. The summed E-state index contributed by atoms with van der Waals surface area (Å²) in [5.41, 5.74) is 1.74. The molecule has 1 aromatic heterocycles. The zero-order valence-corrected chi connectivity index (χ0v) is 9.99. The van der Waals surface area contributed by atoms with Crippen LogP contribution in [0.2, 0.25) is 0 Å². The molecule has 0 saturated heterocycles. The lowest BCUT2D eigenvalue weighted by Crippen LogP contribution is -2.13. The topological polar surface area (TPSA) is 30.2 Å². The van der Waals surface area contributed by atoms with Gasteiger partial charge in [0.15, 0.2) is 0 Å². The fourth-order valence-electron chi connectivity index (χ4n) is 2.03. The molecule has 0 radical (unpaired) electrons. The van der Waals surface area contributed by atoms with Gasteiger partial charge < -0.3 is 4.42 Å². The summed E-state index contributed by atoms with van der Waals surface area (Å²) in [7, 11) is 0. The molecular weight excluding hydrogens is 224 g/mol. The van der Waals surface area contributed by atoms with Gasteiger partial charge in [0.05, 0.1) is 12.2 Å². The number of furan rings is 1. The summed E-state index contributed by atoms with van der Waals surface area (Å²) in [6.45, 7) is 3.98. The predicted molar refractivity (Wildman–Crippen MR) is 64.7 cm³/mol. The minimum atomic E-state index is -0.316. The lowest BCUT2D eigenvalue weighted by atomic mass is 9.88. The van der Waals surface area contributed by atoms with E-state index < -0.39 is 0 Å². The van der Waals surface area contributed by atoms with Crippen LogP contribution >= 0.6 is 11.6 Å². The predicted octanol–water partition coefficient (Wildman–Crippen LogP) is 3.94. The molecule has 0 fully saturated rings. The molecule has 0 spiro atoms. The second-order valence-corrected chi connectivity index (χ2v) is 4.58. The summed E-state index contributed by atoms with van der Waals surface area (Å²) in [5, 5.41) is 0.652. The van der Waals surface area contributed by atoms with E-state index in [2.05, 4.69) is 0 Å². The summed E-state index contributed by atoms with van der Waals surface area (Å²) in [5.74, 6) is -0.103. The number of rotatable bonds is 3. The Morgan fingerprint density at radius 1 is 1.31 bits per heavy atom. The van der Waals surface area contributed by atoms with Gasteiger partial charge in [-0.15, -0.1) is 0 Å². The Kier molecular flexibility index (Phi) is 3.01. The van der Waals surface area contributed by atoms with E-state index in [-0.39, 0.29) is 17.1 Å². The Morgan fingerprint density at radius 2 is 2.06 bits per heavy atom. The van der Waals surface area contributed by atoms with E-state index in [1.807, 2.05) is 38.1 Å². The van der Waals surface area contributed by atoms with E-state index in [1.165, 1.54) is 0 Å². The average Bonchev–Trinajstić information content (AvgIpc) is 2.65. The molecule has 0 saturated carbocycles. The molecule has 0 amide bonds. The van der Waals surface area contributed by atoms with Crippen molar-refractivity contribution >= 4 is 27.8 Å². The molecule has 0 N–H and O–H groups in total. The van der Waals surface area contributed by atoms with Crippen LogP contribution in [0, 0.1) is 5.92 Å². The van der Waals surface area contributed by atoms with Gasteiger partial charge >= 0.3 is 0 Å². The second-order valence-electron chi connectivity index (χ2n) is 4.21. The monoisotopic (exact) mass is 236 g/mol. The molecule has 84 valence electrons.